The maximum Gasteiger partial charge on any atom is 0.156 e. The van der Waals surface area contributed by atoms with E-state index in [9.17, 15) is 5.11 Å². The van der Waals surface area contributed by atoms with Crippen LogP contribution in [0, 0.1) is 0 Å². The lowest BCUT2D eigenvalue weighted by molar-refractivity contribution is 0.0368. The summed E-state index contributed by atoms with van der Waals surface area (Å²) in [6.07, 6.45) is 6.14. The number of phenolic OH excluding ortho intramolecular Hbond substituents is 1. The van der Waals surface area contributed by atoms with E-state index < -0.39 is 0 Å². The first-order chi connectivity index (χ1) is 15.1. The normalized spacial score (nSPS) is 23.4. The van der Waals surface area contributed by atoms with Crippen LogP contribution in [0.2, 0.25) is 0 Å². The van der Waals surface area contributed by atoms with Gasteiger partial charge in [-0.1, -0.05) is 6.42 Å². The summed E-state index contributed by atoms with van der Waals surface area (Å²) in [7, 11) is 0. The van der Waals surface area contributed by atoms with Crippen LogP contribution in [0.15, 0.2) is 18.2 Å². The first-order valence-corrected chi connectivity index (χ1v) is 12.1. The van der Waals surface area contributed by atoms with Gasteiger partial charge in [0.2, 0.25) is 0 Å². The second kappa shape index (κ2) is 10.7. The minimum atomic E-state index is 0.291. The standard InChI is InChI=1S/C24H39N5O2/c1-19-6-3-7-20(2)28(19)12-4-10-25-24-22-18-21(30)8-9-23(22)29(26-24)13-5-11-27-14-16-31-17-15-27/h8-9,18-20,30H,3-7,10-17H2,1-2H3,(H,25,26). The molecule has 2 aromatic rings. The lowest BCUT2D eigenvalue weighted by Crippen LogP contribution is -2.44. The molecule has 31 heavy (non-hydrogen) atoms. The highest BCUT2D eigenvalue weighted by molar-refractivity contribution is 5.91. The molecule has 0 spiro atoms. The number of anilines is 1. The van der Waals surface area contributed by atoms with Gasteiger partial charge in [0.15, 0.2) is 5.82 Å². The van der Waals surface area contributed by atoms with Crippen molar-refractivity contribution in [1.82, 2.24) is 19.6 Å². The van der Waals surface area contributed by atoms with Crippen LogP contribution < -0.4 is 5.32 Å². The average molecular weight is 430 g/mol. The third kappa shape index (κ3) is 5.70. The number of hydrogen-bond acceptors (Lipinski definition) is 6. The summed E-state index contributed by atoms with van der Waals surface area (Å²) >= 11 is 0. The molecule has 3 heterocycles. The Morgan fingerprint density at radius 1 is 1.06 bits per heavy atom. The van der Waals surface area contributed by atoms with E-state index in [-0.39, 0.29) is 0 Å². The van der Waals surface area contributed by atoms with Crippen LogP contribution in [-0.4, -0.2) is 82.7 Å². The molecule has 0 radical (unpaired) electrons. The molecule has 2 atom stereocenters. The fourth-order valence-corrected chi connectivity index (χ4v) is 5.12. The average Bonchev–Trinajstić information content (AvgIpc) is 3.10. The van der Waals surface area contributed by atoms with Crippen molar-refractivity contribution in [1.29, 1.82) is 0 Å². The summed E-state index contributed by atoms with van der Waals surface area (Å²) in [6, 6.07) is 6.94. The Kier molecular flexibility index (Phi) is 7.69. The molecule has 2 fully saturated rings. The Labute approximate surface area is 186 Å². The highest BCUT2D eigenvalue weighted by atomic mass is 16.5. The quantitative estimate of drug-likeness (QED) is 0.595. The van der Waals surface area contributed by atoms with E-state index in [0.29, 0.717) is 17.8 Å². The maximum atomic E-state index is 10.0. The molecule has 172 valence electrons. The molecule has 0 bridgehead atoms. The maximum absolute atomic E-state index is 10.0. The monoisotopic (exact) mass is 429 g/mol. The molecule has 1 aromatic heterocycles. The minimum absolute atomic E-state index is 0.291. The first kappa shape index (κ1) is 22.4. The molecule has 4 rings (SSSR count). The molecule has 2 N–H and O–H groups in total. The number of rotatable bonds is 9. The summed E-state index contributed by atoms with van der Waals surface area (Å²) < 4.78 is 7.53. The van der Waals surface area contributed by atoms with Gasteiger partial charge in [-0.05, 0) is 57.7 Å². The Morgan fingerprint density at radius 2 is 1.84 bits per heavy atom. The lowest BCUT2D eigenvalue weighted by Gasteiger charge is -2.39. The topological polar surface area (TPSA) is 65.8 Å². The smallest absolute Gasteiger partial charge is 0.156 e. The van der Waals surface area contributed by atoms with Gasteiger partial charge in [0, 0.05) is 56.7 Å². The van der Waals surface area contributed by atoms with E-state index >= 15 is 0 Å². The Bertz CT molecular complexity index is 823. The van der Waals surface area contributed by atoms with E-state index in [1.807, 2.05) is 12.1 Å². The fourth-order valence-electron chi connectivity index (χ4n) is 5.12. The number of piperidine rings is 1. The second-order valence-corrected chi connectivity index (χ2v) is 9.23. The van der Waals surface area contributed by atoms with Gasteiger partial charge < -0.3 is 15.2 Å². The molecule has 0 aliphatic carbocycles. The van der Waals surface area contributed by atoms with Crippen molar-refractivity contribution in [2.75, 3.05) is 51.3 Å². The van der Waals surface area contributed by atoms with Crippen molar-refractivity contribution in [3.63, 3.8) is 0 Å². The zero-order valence-corrected chi connectivity index (χ0v) is 19.2. The van der Waals surface area contributed by atoms with Crippen LogP contribution in [0.25, 0.3) is 10.9 Å². The largest absolute Gasteiger partial charge is 0.508 e. The molecule has 2 saturated heterocycles. The van der Waals surface area contributed by atoms with Crippen molar-refractivity contribution >= 4 is 16.7 Å². The highest BCUT2D eigenvalue weighted by Crippen LogP contribution is 2.27. The molecule has 1 aromatic carbocycles. The third-order valence-corrected chi connectivity index (χ3v) is 6.94. The highest BCUT2D eigenvalue weighted by Gasteiger charge is 2.23. The predicted octanol–water partition coefficient (Wildman–Crippen LogP) is 3.53. The van der Waals surface area contributed by atoms with Crippen molar-refractivity contribution < 1.29 is 9.84 Å². The number of fused-ring (bicyclic) bond motifs is 1. The van der Waals surface area contributed by atoms with Crippen molar-refractivity contribution in [2.45, 2.75) is 64.6 Å². The number of ether oxygens (including phenoxy) is 1. The van der Waals surface area contributed by atoms with Crippen LogP contribution in [0.1, 0.15) is 46.0 Å². The van der Waals surface area contributed by atoms with Gasteiger partial charge in [-0.2, -0.15) is 5.10 Å². The van der Waals surface area contributed by atoms with Gasteiger partial charge in [0.1, 0.15) is 5.75 Å². The van der Waals surface area contributed by atoms with E-state index in [1.165, 1.54) is 19.3 Å². The molecule has 7 nitrogen and oxygen atoms in total. The zero-order valence-electron chi connectivity index (χ0n) is 19.2. The number of morpholine rings is 1. The third-order valence-electron chi connectivity index (χ3n) is 6.94. The molecular formula is C24H39N5O2. The number of phenols is 1. The number of likely N-dealkylation sites (tertiary alicyclic amines) is 1. The number of aromatic nitrogens is 2. The fraction of sp³-hybridized carbons (Fsp3) is 0.708. The molecule has 7 heteroatoms. The molecule has 0 amide bonds. The van der Waals surface area contributed by atoms with Gasteiger partial charge in [-0.25, -0.2) is 0 Å². The second-order valence-electron chi connectivity index (χ2n) is 9.23. The summed E-state index contributed by atoms with van der Waals surface area (Å²) in [5, 5.41) is 19.4. The van der Waals surface area contributed by atoms with Gasteiger partial charge in [0.05, 0.1) is 18.7 Å². The van der Waals surface area contributed by atoms with Crippen molar-refractivity contribution in [3.05, 3.63) is 18.2 Å². The number of nitrogens with one attached hydrogen (secondary N) is 1. The Hall–Kier alpha value is -1.83. The SMILES string of the molecule is CC1CCCC(C)N1CCCNc1nn(CCCN2CCOCC2)c2ccc(O)cc12. The zero-order chi connectivity index (χ0) is 21.6. The van der Waals surface area contributed by atoms with Crippen LogP contribution in [0.4, 0.5) is 5.82 Å². The van der Waals surface area contributed by atoms with Crippen LogP contribution in [0.3, 0.4) is 0 Å². The van der Waals surface area contributed by atoms with E-state index in [1.54, 1.807) is 6.07 Å². The first-order valence-electron chi connectivity index (χ1n) is 12.1. The van der Waals surface area contributed by atoms with Gasteiger partial charge in [-0.15, -0.1) is 0 Å². The summed E-state index contributed by atoms with van der Waals surface area (Å²) in [5.74, 6) is 1.18. The summed E-state index contributed by atoms with van der Waals surface area (Å²) in [5.41, 5.74) is 1.08. The van der Waals surface area contributed by atoms with E-state index in [4.69, 9.17) is 9.84 Å². The van der Waals surface area contributed by atoms with Crippen molar-refractivity contribution in [3.8, 4) is 5.75 Å². The van der Waals surface area contributed by atoms with Crippen molar-refractivity contribution in [2.24, 2.45) is 0 Å². The van der Waals surface area contributed by atoms with Gasteiger partial charge in [-0.3, -0.25) is 14.5 Å². The Balaban J connectivity index is 1.33. The van der Waals surface area contributed by atoms with Crippen LogP contribution in [0.5, 0.6) is 5.75 Å². The van der Waals surface area contributed by atoms with Gasteiger partial charge in [0.25, 0.3) is 0 Å². The van der Waals surface area contributed by atoms with Crippen LogP contribution in [-0.2, 0) is 11.3 Å². The van der Waals surface area contributed by atoms with E-state index in [2.05, 4.69) is 33.6 Å². The summed E-state index contributed by atoms with van der Waals surface area (Å²) in [4.78, 5) is 5.11. The predicted molar refractivity (Wildman–Crippen MR) is 126 cm³/mol. The number of hydrogen-bond donors (Lipinski definition) is 2. The molecule has 0 saturated carbocycles. The summed E-state index contributed by atoms with van der Waals surface area (Å²) in [6.45, 7) is 12.4. The molecule has 2 aliphatic heterocycles. The van der Waals surface area contributed by atoms with Crippen LogP contribution >= 0.6 is 0 Å². The number of nitrogens with zero attached hydrogens (tertiary/aromatic N) is 4. The number of aryl methyl sites for hydroxylation is 1. The van der Waals surface area contributed by atoms with Gasteiger partial charge >= 0.3 is 0 Å². The number of aromatic hydroxyl groups is 1. The molecule has 2 unspecified atom stereocenters. The lowest BCUT2D eigenvalue weighted by atomic mass is 9.97. The van der Waals surface area contributed by atoms with E-state index in [0.717, 1.165) is 82.0 Å². The minimum Gasteiger partial charge on any atom is -0.508 e. The Morgan fingerprint density at radius 3 is 2.61 bits per heavy atom. The molecule has 2 aliphatic rings. The number of benzene rings is 1. The molecular weight excluding hydrogens is 390 g/mol.